The number of benzene rings is 2. The molecule has 0 saturated carbocycles. The molecule has 1 unspecified atom stereocenters. The lowest BCUT2D eigenvalue weighted by atomic mass is 10.2. The molecule has 1 atom stereocenters. The van der Waals surface area contributed by atoms with Crippen LogP contribution >= 0.6 is 11.3 Å². The zero-order chi connectivity index (χ0) is 19.6. The molecular formula is C18H15F2NO3S3. The van der Waals surface area contributed by atoms with E-state index in [1.165, 1.54) is 18.2 Å². The molecule has 3 aromatic rings. The second kappa shape index (κ2) is 8.05. The molecule has 0 aliphatic carbocycles. The molecule has 0 radical (unpaired) electrons. The minimum atomic E-state index is -4.10. The molecule has 4 nitrogen and oxygen atoms in total. The zero-order valence-corrected chi connectivity index (χ0v) is 16.6. The number of rotatable bonds is 6. The largest absolute Gasteiger partial charge is 0.611 e. The first-order valence-corrected chi connectivity index (χ1v) is 11.6. The Morgan fingerprint density at radius 2 is 1.81 bits per heavy atom. The molecule has 0 spiro atoms. The fourth-order valence-electron chi connectivity index (χ4n) is 2.35. The molecule has 0 saturated heterocycles. The van der Waals surface area contributed by atoms with Gasteiger partial charge in [0.2, 0.25) is 19.1 Å². The highest BCUT2D eigenvalue weighted by Crippen LogP contribution is 2.37. The van der Waals surface area contributed by atoms with Gasteiger partial charge in [0.25, 0.3) is 0 Å². The van der Waals surface area contributed by atoms with E-state index in [0.717, 1.165) is 35.6 Å². The van der Waals surface area contributed by atoms with Gasteiger partial charge in [0.1, 0.15) is 22.4 Å². The maximum atomic E-state index is 13.5. The lowest BCUT2D eigenvalue weighted by molar-refractivity contribution is 0.580. The lowest BCUT2D eigenvalue weighted by Crippen LogP contribution is -2.11. The van der Waals surface area contributed by atoms with E-state index in [9.17, 15) is 21.8 Å². The van der Waals surface area contributed by atoms with Gasteiger partial charge in [-0.2, -0.15) is 0 Å². The van der Waals surface area contributed by atoms with Crippen LogP contribution in [0.4, 0.5) is 8.78 Å². The van der Waals surface area contributed by atoms with Crippen LogP contribution < -0.4 is 0 Å². The molecule has 0 amide bonds. The summed E-state index contributed by atoms with van der Waals surface area (Å²) in [4.78, 5) is 4.03. The van der Waals surface area contributed by atoms with Crippen molar-refractivity contribution in [3.8, 4) is 10.6 Å². The Morgan fingerprint density at radius 1 is 1.11 bits per heavy atom. The smallest absolute Gasteiger partial charge is 0.246 e. The first-order chi connectivity index (χ1) is 12.8. The van der Waals surface area contributed by atoms with Crippen LogP contribution in [0.25, 0.3) is 10.6 Å². The van der Waals surface area contributed by atoms with E-state index >= 15 is 0 Å². The van der Waals surface area contributed by atoms with Gasteiger partial charge in [-0.3, -0.25) is 0 Å². The average Bonchev–Trinajstić information content (AvgIpc) is 3.09. The van der Waals surface area contributed by atoms with Gasteiger partial charge in [0.05, 0.1) is 4.90 Å². The van der Waals surface area contributed by atoms with Crippen LogP contribution in [0.1, 0.15) is 13.3 Å². The Hall–Kier alpha value is -1.81. The minimum Gasteiger partial charge on any atom is -0.611 e. The second-order valence-electron chi connectivity index (χ2n) is 5.63. The fraction of sp³-hybridized carbons (Fsp3) is 0.167. The van der Waals surface area contributed by atoms with Crippen LogP contribution in [0.5, 0.6) is 0 Å². The summed E-state index contributed by atoms with van der Waals surface area (Å²) < 4.78 is 65.4. The summed E-state index contributed by atoms with van der Waals surface area (Å²) >= 11 is -0.606. The Labute approximate surface area is 163 Å². The zero-order valence-electron chi connectivity index (χ0n) is 14.2. The van der Waals surface area contributed by atoms with Gasteiger partial charge in [-0.1, -0.05) is 30.4 Å². The van der Waals surface area contributed by atoms with Gasteiger partial charge >= 0.3 is 0 Å². The van der Waals surface area contributed by atoms with Crippen molar-refractivity contribution in [3.05, 3.63) is 60.2 Å². The third-order valence-corrected chi connectivity index (χ3v) is 8.66. The molecule has 1 aromatic heterocycles. The van der Waals surface area contributed by atoms with Gasteiger partial charge in [-0.15, -0.1) is 0 Å². The van der Waals surface area contributed by atoms with E-state index in [4.69, 9.17) is 0 Å². The number of hydrogen-bond acceptors (Lipinski definition) is 5. The number of hydrogen-bond donors (Lipinski definition) is 0. The van der Waals surface area contributed by atoms with Crippen molar-refractivity contribution in [2.75, 3.05) is 5.75 Å². The average molecular weight is 428 g/mol. The number of nitrogens with zero attached hydrogens (tertiary/aromatic N) is 1. The van der Waals surface area contributed by atoms with Gasteiger partial charge in [-0.25, -0.2) is 22.2 Å². The third-order valence-electron chi connectivity index (χ3n) is 3.61. The summed E-state index contributed by atoms with van der Waals surface area (Å²) in [5.74, 6) is -0.777. The highest BCUT2D eigenvalue weighted by atomic mass is 32.2. The van der Waals surface area contributed by atoms with E-state index in [2.05, 4.69) is 4.98 Å². The molecule has 0 aliphatic rings. The molecule has 2 aromatic carbocycles. The minimum absolute atomic E-state index is 0.112. The van der Waals surface area contributed by atoms with E-state index in [-0.39, 0.29) is 24.9 Å². The predicted molar refractivity (Wildman–Crippen MR) is 101 cm³/mol. The van der Waals surface area contributed by atoms with Crippen molar-refractivity contribution >= 4 is 32.3 Å². The van der Waals surface area contributed by atoms with Crippen LogP contribution in [0, 0.1) is 11.6 Å². The highest BCUT2D eigenvalue weighted by Gasteiger charge is 2.33. The Kier molecular flexibility index (Phi) is 5.95. The summed E-state index contributed by atoms with van der Waals surface area (Å²) in [6, 6.07) is 9.94. The SMILES string of the molecule is CCC[S+]([O-])c1sc(-c2cccc(F)c2)nc1S(=O)(=O)c1ccc(F)cc1. The van der Waals surface area contributed by atoms with Crippen molar-refractivity contribution in [1.29, 1.82) is 0 Å². The van der Waals surface area contributed by atoms with Crippen molar-refractivity contribution in [1.82, 2.24) is 4.98 Å². The number of halogens is 2. The third kappa shape index (κ3) is 4.21. The van der Waals surface area contributed by atoms with E-state index in [0.29, 0.717) is 12.0 Å². The summed E-state index contributed by atoms with van der Waals surface area (Å²) in [6.45, 7) is 1.83. The molecule has 0 bridgehead atoms. The van der Waals surface area contributed by atoms with Gasteiger partial charge in [0.15, 0.2) is 0 Å². The number of aromatic nitrogens is 1. The van der Waals surface area contributed by atoms with E-state index in [1.54, 1.807) is 6.07 Å². The standard InChI is InChI=1S/C18H15F2NO3S3/c1-2-10-26(22)18-17(27(23,24)15-8-6-13(19)7-9-15)21-16(25-18)12-4-3-5-14(20)11-12/h3-9,11H,2,10H2,1H3. The molecule has 0 N–H and O–H groups in total. The molecule has 3 rings (SSSR count). The Morgan fingerprint density at radius 3 is 2.44 bits per heavy atom. The topological polar surface area (TPSA) is 70.1 Å². The summed E-state index contributed by atoms with van der Waals surface area (Å²) in [6.07, 6.45) is 0.593. The summed E-state index contributed by atoms with van der Waals surface area (Å²) in [7, 11) is -4.10. The first-order valence-electron chi connectivity index (χ1n) is 7.98. The van der Waals surface area contributed by atoms with Crippen molar-refractivity contribution in [2.24, 2.45) is 0 Å². The Bertz CT molecular complexity index is 1050. The van der Waals surface area contributed by atoms with E-state index < -0.39 is 32.6 Å². The maximum absolute atomic E-state index is 13.5. The summed E-state index contributed by atoms with van der Waals surface area (Å²) in [5.41, 5.74) is 0.398. The molecule has 27 heavy (non-hydrogen) atoms. The van der Waals surface area contributed by atoms with Crippen molar-refractivity contribution in [2.45, 2.75) is 27.5 Å². The number of thiazole rings is 1. The van der Waals surface area contributed by atoms with Crippen LogP contribution in [-0.4, -0.2) is 23.7 Å². The van der Waals surface area contributed by atoms with E-state index in [1.807, 2.05) is 6.92 Å². The fourth-order valence-corrected chi connectivity index (χ4v) is 6.97. The van der Waals surface area contributed by atoms with Gasteiger partial charge in [0, 0.05) is 5.56 Å². The second-order valence-corrected chi connectivity index (χ2v) is 10.3. The molecule has 9 heteroatoms. The lowest BCUT2D eigenvalue weighted by Gasteiger charge is -2.08. The Balaban J connectivity index is 2.16. The van der Waals surface area contributed by atoms with Crippen molar-refractivity contribution < 1.29 is 21.8 Å². The predicted octanol–water partition coefficient (Wildman–Crippen LogP) is 4.44. The molecule has 0 aliphatic heterocycles. The highest BCUT2D eigenvalue weighted by molar-refractivity contribution is 7.96. The molecule has 1 heterocycles. The summed E-state index contributed by atoms with van der Waals surface area (Å²) in [5, 5.41) is -0.0696. The van der Waals surface area contributed by atoms with Crippen LogP contribution in [0.3, 0.4) is 0 Å². The quantitative estimate of drug-likeness (QED) is 0.431. The molecule has 142 valence electrons. The van der Waals surface area contributed by atoms with Crippen LogP contribution in [-0.2, 0) is 21.0 Å². The van der Waals surface area contributed by atoms with Gasteiger partial charge in [-0.05, 0) is 54.0 Å². The van der Waals surface area contributed by atoms with Crippen molar-refractivity contribution in [3.63, 3.8) is 0 Å². The molecular weight excluding hydrogens is 412 g/mol. The van der Waals surface area contributed by atoms with Crippen LogP contribution in [0.15, 0.2) is 62.7 Å². The maximum Gasteiger partial charge on any atom is 0.246 e. The monoisotopic (exact) mass is 427 g/mol. The van der Waals surface area contributed by atoms with Crippen LogP contribution in [0.2, 0.25) is 0 Å². The first kappa shape index (κ1) is 19.9. The molecule has 0 fully saturated rings. The normalized spacial score (nSPS) is 12.9. The van der Waals surface area contributed by atoms with Gasteiger partial charge < -0.3 is 4.55 Å². The number of sulfone groups is 1.